The highest BCUT2D eigenvalue weighted by Crippen LogP contribution is 2.31. The summed E-state index contributed by atoms with van der Waals surface area (Å²) in [5.74, 6) is 0.839. The van der Waals surface area contributed by atoms with Crippen molar-refractivity contribution in [2.45, 2.75) is 51.6 Å². The Morgan fingerprint density at radius 2 is 2.15 bits per heavy atom. The molecule has 20 heavy (non-hydrogen) atoms. The van der Waals surface area contributed by atoms with Gasteiger partial charge in [0.05, 0.1) is 5.69 Å². The first-order valence-corrected chi connectivity index (χ1v) is 7.21. The third-order valence-corrected chi connectivity index (χ3v) is 4.36. The number of rotatable bonds is 2. The summed E-state index contributed by atoms with van der Waals surface area (Å²) in [6.45, 7) is 5.77. The van der Waals surface area contributed by atoms with E-state index >= 15 is 0 Å². The predicted molar refractivity (Wildman–Crippen MR) is 78.3 cm³/mol. The molecule has 3 rings (SSSR count). The topological polar surface area (TPSA) is 58.4 Å². The molecule has 0 radical (unpaired) electrons. The fourth-order valence-corrected chi connectivity index (χ4v) is 3.37. The van der Waals surface area contributed by atoms with Crippen molar-refractivity contribution in [3.05, 3.63) is 17.0 Å². The Bertz CT molecular complexity index is 475. The number of amides is 1. The number of nitrogens with zero attached hydrogens (tertiary/aromatic N) is 2. The van der Waals surface area contributed by atoms with E-state index in [1.54, 1.807) is 0 Å². The van der Waals surface area contributed by atoms with Gasteiger partial charge in [-0.15, -0.1) is 12.4 Å². The Labute approximate surface area is 125 Å². The number of fused-ring (bicyclic) bond motifs is 2. The molecule has 2 atom stereocenters. The summed E-state index contributed by atoms with van der Waals surface area (Å²) in [5, 5.41) is 7.38. The minimum absolute atomic E-state index is 0. The average Bonchev–Trinajstić information content (AvgIpc) is 2.88. The van der Waals surface area contributed by atoms with Crippen LogP contribution in [0.3, 0.4) is 0 Å². The van der Waals surface area contributed by atoms with E-state index in [9.17, 15) is 4.79 Å². The van der Waals surface area contributed by atoms with Gasteiger partial charge in [0.2, 0.25) is 0 Å². The van der Waals surface area contributed by atoms with E-state index in [4.69, 9.17) is 4.52 Å². The summed E-state index contributed by atoms with van der Waals surface area (Å²) in [4.78, 5) is 15.0. The zero-order valence-corrected chi connectivity index (χ0v) is 12.8. The van der Waals surface area contributed by atoms with Crippen molar-refractivity contribution in [3.63, 3.8) is 0 Å². The lowest BCUT2D eigenvalue weighted by Crippen LogP contribution is -2.42. The maximum absolute atomic E-state index is 12.9. The van der Waals surface area contributed by atoms with Crippen LogP contribution in [-0.2, 0) is 6.42 Å². The van der Waals surface area contributed by atoms with E-state index in [2.05, 4.69) is 15.4 Å². The van der Waals surface area contributed by atoms with Crippen molar-refractivity contribution < 1.29 is 9.32 Å². The van der Waals surface area contributed by atoms with E-state index in [1.807, 2.05) is 13.8 Å². The lowest BCUT2D eigenvalue weighted by atomic mass is 10.1. The van der Waals surface area contributed by atoms with Gasteiger partial charge in [0.25, 0.3) is 5.91 Å². The van der Waals surface area contributed by atoms with E-state index in [-0.39, 0.29) is 18.3 Å². The van der Waals surface area contributed by atoms with Gasteiger partial charge in [-0.25, -0.2) is 0 Å². The molecule has 2 bridgehead atoms. The largest absolute Gasteiger partial charge is 0.360 e. The lowest BCUT2D eigenvalue weighted by Gasteiger charge is -2.27. The Morgan fingerprint density at radius 3 is 2.90 bits per heavy atom. The highest BCUT2D eigenvalue weighted by Gasteiger charge is 2.40. The van der Waals surface area contributed by atoms with E-state index in [1.165, 1.54) is 0 Å². The number of hydrogen-bond acceptors (Lipinski definition) is 4. The van der Waals surface area contributed by atoms with E-state index in [0.29, 0.717) is 24.1 Å². The molecule has 1 aromatic heterocycles. The van der Waals surface area contributed by atoms with Gasteiger partial charge < -0.3 is 14.7 Å². The van der Waals surface area contributed by atoms with Crippen molar-refractivity contribution in [3.8, 4) is 0 Å². The van der Waals surface area contributed by atoms with Crippen LogP contribution in [0.25, 0.3) is 0 Å². The van der Waals surface area contributed by atoms with Crippen LogP contribution in [0.2, 0.25) is 0 Å². The highest BCUT2D eigenvalue weighted by atomic mass is 35.5. The van der Waals surface area contributed by atoms with Crippen molar-refractivity contribution in [2.24, 2.45) is 0 Å². The summed E-state index contributed by atoms with van der Waals surface area (Å²) in [5.41, 5.74) is 1.42. The molecule has 3 heterocycles. The predicted octanol–water partition coefficient (Wildman–Crippen LogP) is 1.93. The molecule has 1 aromatic rings. The summed E-state index contributed by atoms with van der Waals surface area (Å²) in [6.07, 6.45) is 4.00. The van der Waals surface area contributed by atoms with Crippen LogP contribution in [0.5, 0.6) is 0 Å². The molecule has 0 saturated carbocycles. The molecule has 1 amide bonds. The zero-order valence-electron chi connectivity index (χ0n) is 12.0. The Kier molecular flexibility index (Phi) is 4.70. The van der Waals surface area contributed by atoms with Crippen LogP contribution in [0.4, 0.5) is 0 Å². The number of hydrogen-bond donors (Lipinski definition) is 1. The van der Waals surface area contributed by atoms with Gasteiger partial charge in [-0.2, -0.15) is 0 Å². The number of aryl methyl sites for hydroxylation is 2. The fourth-order valence-electron chi connectivity index (χ4n) is 3.37. The van der Waals surface area contributed by atoms with Crippen molar-refractivity contribution in [2.75, 3.05) is 13.1 Å². The number of carbonyl (C=O) groups excluding carboxylic acids is 1. The zero-order chi connectivity index (χ0) is 13.4. The van der Waals surface area contributed by atoms with Crippen LogP contribution in [0, 0.1) is 6.92 Å². The second kappa shape index (κ2) is 6.14. The molecule has 2 unspecified atom stereocenters. The van der Waals surface area contributed by atoms with Crippen LogP contribution in [-0.4, -0.2) is 41.1 Å². The standard InChI is InChI=1S/C14H21N3O2.ClH/c1-3-12-13(9(2)16-19-12)14(18)17-10-4-5-11(17)8-15-7-6-10;/h10-11,15H,3-8H2,1-2H3;1H. The fraction of sp³-hybridized carbons (Fsp3) is 0.714. The average molecular weight is 300 g/mol. The molecule has 0 aliphatic carbocycles. The van der Waals surface area contributed by atoms with Crippen molar-refractivity contribution in [1.82, 2.24) is 15.4 Å². The molecule has 1 N–H and O–H groups in total. The molecular formula is C14H22ClN3O2. The normalized spacial score (nSPS) is 25.2. The molecule has 5 nitrogen and oxygen atoms in total. The monoisotopic (exact) mass is 299 g/mol. The number of aromatic nitrogens is 1. The Hall–Kier alpha value is -1.07. The van der Waals surface area contributed by atoms with E-state index < -0.39 is 0 Å². The maximum Gasteiger partial charge on any atom is 0.259 e. The molecule has 6 heteroatoms. The summed E-state index contributed by atoms with van der Waals surface area (Å²) >= 11 is 0. The second-order valence-electron chi connectivity index (χ2n) is 5.51. The molecule has 0 spiro atoms. The van der Waals surface area contributed by atoms with Crippen molar-refractivity contribution >= 4 is 18.3 Å². The first-order valence-electron chi connectivity index (χ1n) is 7.21. The lowest BCUT2D eigenvalue weighted by molar-refractivity contribution is 0.0677. The first-order chi connectivity index (χ1) is 9.22. The minimum Gasteiger partial charge on any atom is -0.360 e. The second-order valence-corrected chi connectivity index (χ2v) is 5.51. The summed E-state index contributed by atoms with van der Waals surface area (Å²) in [6, 6.07) is 0.713. The van der Waals surface area contributed by atoms with Gasteiger partial charge in [-0.1, -0.05) is 12.1 Å². The van der Waals surface area contributed by atoms with Gasteiger partial charge in [-0.05, 0) is 32.7 Å². The van der Waals surface area contributed by atoms with Gasteiger partial charge in [0, 0.05) is 25.0 Å². The van der Waals surface area contributed by atoms with Gasteiger partial charge in [0.15, 0.2) is 0 Å². The molecule has 0 aromatic carbocycles. The number of nitrogens with one attached hydrogen (secondary N) is 1. The van der Waals surface area contributed by atoms with Crippen LogP contribution >= 0.6 is 12.4 Å². The quantitative estimate of drug-likeness (QED) is 0.906. The Morgan fingerprint density at radius 1 is 1.40 bits per heavy atom. The van der Waals surface area contributed by atoms with Crippen molar-refractivity contribution in [1.29, 1.82) is 0 Å². The Balaban J connectivity index is 0.00000147. The molecule has 2 aliphatic rings. The highest BCUT2D eigenvalue weighted by molar-refractivity contribution is 5.96. The molecular weight excluding hydrogens is 278 g/mol. The van der Waals surface area contributed by atoms with Crippen LogP contribution < -0.4 is 5.32 Å². The first kappa shape index (κ1) is 15.3. The molecule has 112 valence electrons. The number of carbonyl (C=O) groups is 1. The van der Waals surface area contributed by atoms with Gasteiger partial charge in [-0.3, -0.25) is 4.79 Å². The van der Waals surface area contributed by atoms with Crippen LogP contribution in [0.1, 0.15) is 48.0 Å². The molecule has 2 saturated heterocycles. The van der Waals surface area contributed by atoms with Gasteiger partial charge in [0.1, 0.15) is 11.3 Å². The SMILES string of the molecule is CCc1onc(C)c1C(=O)N1C2CCNCC1CC2.Cl. The maximum atomic E-state index is 12.9. The molecule has 2 aliphatic heterocycles. The third kappa shape index (κ3) is 2.44. The summed E-state index contributed by atoms with van der Waals surface area (Å²) < 4.78 is 5.27. The summed E-state index contributed by atoms with van der Waals surface area (Å²) in [7, 11) is 0. The smallest absolute Gasteiger partial charge is 0.259 e. The van der Waals surface area contributed by atoms with Crippen LogP contribution in [0.15, 0.2) is 4.52 Å². The number of halogens is 1. The minimum atomic E-state index is 0. The van der Waals surface area contributed by atoms with E-state index in [0.717, 1.165) is 43.8 Å². The van der Waals surface area contributed by atoms with Gasteiger partial charge >= 0.3 is 0 Å². The molecule has 2 fully saturated rings. The third-order valence-electron chi connectivity index (χ3n) is 4.36.